The van der Waals surface area contributed by atoms with Crippen molar-refractivity contribution in [3.63, 3.8) is 0 Å². The quantitative estimate of drug-likeness (QED) is 0.404. The van der Waals surface area contributed by atoms with Gasteiger partial charge in [-0.25, -0.2) is 0 Å². The zero-order valence-corrected chi connectivity index (χ0v) is 7.06. The molecule has 1 unspecified atom stereocenters. The topological polar surface area (TPSA) is 0 Å². The van der Waals surface area contributed by atoms with Gasteiger partial charge in [-0.1, -0.05) is 12.2 Å². The molecule has 0 aliphatic heterocycles. The minimum atomic E-state index is 0.913. The molecule has 0 nitrogen and oxygen atoms in total. The molecule has 1 fully saturated rings. The second kappa shape index (κ2) is 3.70. The molecule has 1 rings (SSSR count). The normalized spacial score (nSPS) is 26.6. The molecule has 0 heteroatoms. The molecular weight excluding hydrogens is 120 g/mol. The molecule has 0 aromatic carbocycles. The van der Waals surface area contributed by atoms with Crippen molar-refractivity contribution in [1.82, 2.24) is 0 Å². The van der Waals surface area contributed by atoms with E-state index in [0.29, 0.717) is 0 Å². The van der Waals surface area contributed by atoms with E-state index in [4.69, 9.17) is 0 Å². The van der Waals surface area contributed by atoms with E-state index in [0.717, 1.165) is 5.92 Å². The highest BCUT2D eigenvalue weighted by molar-refractivity contribution is 5.00. The van der Waals surface area contributed by atoms with Crippen LogP contribution in [0.2, 0.25) is 0 Å². The molecule has 0 amide bonds. The summed E-state index contributed by atoms with van der Waals surface area (Å²) < 4.78 is 0. The van der Waals surface area contributed by atoms with Gasteiger partial charge in [0.05, 0.1) is 19.3 Å². The van der Waals surface area contributed by atoms with Crippen LogP contribution in [0.4, 0.5) is 0 Å². The Bertz CT molecular complexity index is 113. The van der Waals surface area contributed by atoms with Crippen molar-refractivity contribution >= 4 is 0 Å². The van der Waals surface area contributed by atoms with Crippen LogP contribution >= 0.6 is 0 Å². The minimum Gasteiger partial charge on any atom is -0.0915 e. The summed E-state index contributed by atoms with van der Waals surface area (Å²) in [6.45, 7) is 4.41. The van der Waals surface area contributed by atoms with E-state index in [1.165, 1.54) is 25.7 Å². The first-order chi connectivity index (χ1) is 4.84. The van der Waals surface area contributed by atoms with Gasteiger partial charge in [0.15, 0.2) is 0 Å². The van der Waals surface area contributed by atoms with E-state index < -0.39 is 0 Å². The fourth-order valence-corrected chi connectivity index (χ4v) is 1.70. The third-order valence-corrected chi connectivity index (χ3v) is 2.48. The van der Waals surface area contributed by atoms with E-state index >= 15 is 0 Å². The molecule has 1 aliphatic rings. The average molecular weight is 137 g/mol. The first kappa shape index (κ1) is 7.71. The Morgan fingerprint density at radius 2 is 2.40 bits per heavy atom. The lowest BCUT2D eigenvalue weighted by atomic mass is 9.95. The summed E-state index contributed by atoms with van der Waals surface area (Å²) in [4.78, 5) is 0. The molecule has 1 atom stereocenters. The Morgan fingerprint density at radius 3 is 2.90 bits per heavy atom. The summed E-state index contributed by atoms with van der Waals surface area (Å²) in [5, 5.41) is 0. The van der Waals surface area contributed by atoms with Crippen molar-refractivity contribution < 1.29 is 0 Å². The lowest BCUT2D eigenvalue weighted by molar-refractivity contribution is 0.589. The van der Waals surface area contributed by atoms with Gasteiger partial charge in [0.25, 0.3) is 0 Å². The first-order valence-electron chi connectivity index (χ1n) is 4.28. The highest BCUT2D eigenvalue weighted by Gasteiger charge is 2.31. The van der Waals surface area contributed by atoms with Crippen LogP contribution < -0.4 is 0 Å². The van der Waals surface area contributed by atoms with Crippen LogP contribution in [0.15, 0.2) is 12.2 Å². The molecular formula is C10H17+. The predicted octanol–water partition coefficient (Wildman–Crippen LogP) is 3.35. The fraction of sp³-hybridized carbons (Fsp3) is 0.700. The largest absolute Gasteiger partial charge is 0.103 e. The van der Waals surface area contributed by atoms with E-state index in [9.17, 15) is 0 Å². The molecule has 0 N–H and O–H groups in total. The molecule has 0 radical (unpaired) electrons. The SMILES string of the molecule is CC=CCC1CCC[C+]1C. The van der Waals surface area contributed by atoms with E-state index in [1.54, 1.807) is 5.92 Å². The van der Waals surface area contributed by atoms with Crippen molar-refractivity contribution in [1.29, 1.82) is 0 Å². The van der Waals surface area contributed by atoms with Crippen LogP contribution in [0.3, 0.4) is 0 Å². The lowest BCUT2D eigenvalue weighted by Crippen LogP contribution is -1.99. The summed E-state index contributed by atoms with van der Waals surface area (Å²) in [5.74, 6) is 2.63. The average Bonchev–Trinajstić information content (AvgIpc) is 2.31. The van der Waals surface area contributed by atoms with Crippen LogP contribution in [0.1, 0.15) is 39.5 Å². The van der Waals surface area contributed by atoms with Gasteiger partial charge in [0.2, 0.25) is 0 Å². The maximum atomic E-state index is 2.31. The van der Waals surface area contributed by atoms with Crippen LogP contribution in [0.5, 0.6) is 0 Å². The summed E-state index contributed by atoms with van der Waals surface area (Å²) in [5.41, 5.74) is 0. The molecule has 0 aromatic rings. The zero-order valence-electron chi connectivity index (χ0n) is 7.06. The van der Waals surface area contributed by atoms with Gasteiger partial charge >= 0.3 is 0 Å². The number of hydrogen-bond donors (Lipinski definition) is 0. The summed E-state index contributed by atoms with van der Waals surface area (Å²) >= 11 is 0. The van der Waals surface area contributed by atoms with Crippen LogP contribution in [-0.4, -0.2) is 0 Å². The Labute approximate surface area is 64.3 Å². The van der Waals surface area contributed by atoms with Gasteiger partial charge in [-0.15, -0.1) is 0 Å². The van der Waals surface area contributed by atoms with Crippen LogP contribution in [0.25, 0.3) is 0 Å². The minimum absolute atomic E-state index is 0.913. The monoisotopic (exact) mass is 137 g/mol. The van der Waals surface area contributed by atoms with E-state index in [1.807, 2.05) is 0 Å². The van der Waals surface area contributed by atoms with Gasteiger partial charge in [0, 0.05) is 6.42 Å². The maximum Gasteiger partial charge on any atom is 0.103 e. The van der Waals surface area contributed by atoms with Gasteiger partial charge in [0.1, 0.15) is 5.92 Å². The van der Waals surface area contributed by atoms with Crippen LogP contribution in [0, 0.1) is 11.8 Å². The molecule has 1 saturated carbocycles. The van der Waals surface area contributed by atoms with Gasteiger partial charge in [-0.05, 0) is 19.8 Å². The fourth-order valence-electron chi connectivity index (χ4n) is 1.70. The van der Waals surface area contributed by atoms with Gasteiger partial charge in [-0.2, -0.15) is 0 Å². The van der Waals surface area contributed by atoms with Gasteiger partial charge in [-0.3, -0.25) is 0 Å². The number of rotatable bonds is 2. The van der Waals surface area contributed by atoms with Crippen molar-refractivity contribution in [3.8, 4) is 0 Å². The third kappa shape index (κ3) is 1.80. The van der Waals surface area contributed by atoms with Gasteiger partial charge < -0.3 is 0 Å². The second-order valence-electron chi connectivity index (χ2n) is 3.24. The standard InChI is InChI=1S/C10H17/c1-3-4-7-10-8-5-6-9(10)2/h3-4,10H,5-8H2,1-2H3/q+1. The molecule has 0 heterocycles. The van der Waals surface area contributed by atoms with Crippen molar-refractivity contribution in [2.45, 2.75) is 39.5 Å². The van der Waals surface area contributed by atoms with E-state index in [-0.39, 0.29) is 0 Å². The zero-order chi connectivity index (χ0) is 7.40. The summed E-state index contributed by atoms with van der Waals surface area (Å²) in [7, 11) is 0. The molecule has 0 aromatic heterocycles. The summed E-state index contributed by atoms with van der Waals surface area (Å²) in [6.07, 6.45) is 9.96. The molecule has 1 aliphatic carbocycles. The van der Waals surface area contributed by atoms with Crippen LogP contribution in [-0.2, 0) is 0 Å². The van der Waals surface area contributed by atoms with Crippen molar-refractivity contribution in [2.75, 3.05) is 0 Å². The Balaban J connectivity index is 2.26. The molecule has 10 heavy (non-hydrogen) atoms. The summed E-state index contributed by atoms with van der Waals surface area (Å²) in [6, 6.07) is 0. The predicted molar refractivity (Wildman–Crippen MR) is 45.7 cm³/mol. The third-order valence-electron chi connectivity index (χ3n) is 2.48. The Hall–Kier alpha value is -0.390. The molecule has 0 bridgehead atoms. The highest BCUT2D eigenvalue weighted by atomic mass is 14.3. The maximum absolute atomic E-state index is 2.31. The Kier molecular flexibility index (Phi) is 2.85. The lowest BCUT2D eigenvalue weighted by Gasteiger charge is -2.01. The van der Waals surface area contributed by atoms with E-state index in [2.05, 4.69) is 26.0 Å². The molecule has 0 spiro atoms. The van der Waals surface area contributed by atoms with Crippen molar-refractivity contribution in [3.05, 3.63) is 18.1 Å². The smallest absolute Gasteiger partial charge is 0.0915 e. The first-order valence-corrected chi connectivity index (χ1v) is 4.28. The number of allylic oxidation sites excluding steroid dienone is 2. The second-order valence-corrected chi connectivity index (χ2v) is 3.24. The highest BCUT2D eigenvalue weighted by Crippen LogP contribution is 2.35. The molecule has 56 valence electrons. The number of hydrogen-bond acceptors (Lipinski definition) is 0. The molecule has 0 saturated heterocycles. The van der Waals surface area contributed by atoms with Crippen molar-refractivity contribution in [2.24, 2.45) is 5.92 Å². The Morgan fingerprint density at radius 1 is 1.60 bits per heavy atom.